The molecule has 0 atom stereocenters. The molecule has 9 heteroatoms. The number of benzene rings is 1. The van der Waals surface area contributed by atoms with Crippen LogP contribution in [0, 0.1) is 5.82 Å². The van der Waals surface area contributed by atoms with Gasteiger partial charge in [-0.3, -0.25) is 4.79 Å². The van der Waals surface area contributed by atoms with Gasteiger partial charge in [-0.15, -0.1) is 0 Å². The Morgan fingerprint density at radius 1 is 1.42 bits per heavy atom. The van der Waals surface area contributed by atoms with Crippen molar-refractivity contribution in [1.82, 2.24) is 9.71 Å². The Morgan fingerprint density at radius 3 is 2.74 bits per heavy atom. The molecule has 0 fully saturated rings. The first-order valence-corrected chi connectivity index (χ1v) is 7.47. The van der Waals surface area contributed by atoms with Crippen LogP contribution in [0.3, 0.4) is 0 Å². The molecule has 0 aliphatic carbocycles. The van der Waals surface area contributed by atoms with E-state index in [1.165, 1.54) is 17.5 Å². The Balaban J connectivity index is 2.26. The summed E-state index contributed by atoms with van der Waals surface area (Å²) in [6, 6.07) is 3.63. The van der Waals surface area contributed by atoms with Crippen molar-refractivity contribution >= 4 is 27.0 Å². The highest BCUT2D eigenvalue weighted by Crippen LogP contribution is 2.21. The van der Waals surface area contributed by atoms with E-state index in [2.05, 4.69) is 9.71 Å². The Kier molecular flexibility index (Phi) is 3.69. The van der Waals surface area contributed by atoms with Crippen LogP contribution in [0.25, 0.3) is 0 Å². The lowest BCUT2D eigenvalue weighted by Crippen LogP contribution is -2.25. The van der Waals surface area contributed by atoms with Gasteiger partial charge in [-0.05, 0) is 12.1 Å². The predicted molar refractivity (Wildman–Crippen MR) is 69.8 cm³/mol. The average Bonchev–Trinajstić information content (AvgIpc) is 2.72. The lowest BCUT2D eigenvalue weighted by molar-refractivity contribution is 0.557. The normalized spacial score (nSPS) is 11.6. The summed E-state index contributed by atoms with van der Waals surface area (Å²) in [5.41, 5.74) is 5.69. The van der Waals surface area contributed by atoms with Crippen LogP contribution in [0.4, 0.5) is 10.1 Å². The number of thiazole rings is 1. The predicted octanol–water partition coefficient (Wildman–Crippen LogP) is 0.636. The Labute approximate surface area is 112 Å². The molecule has 4 N–H and O–H groups in total. The molecule has 1 aromatic heterocycles. The van der Waals surface area contributed by atoms with Gasteiger partial charge >= 0.3 is 4.87 Å². The molecule has 2 rings (SSSR count). The molecular formula is C10H10FN3O3S2. The van der Waals surface area contributed by atoms with E-state index in [0.29, 0.717) is 5.69 Å². The number of nitrogens with two attached hydrogens (primary N) is 1. The van der Waals surface area contributed by atoms with Crippen LogP contribution in [0.15, 0.2) is 33.3 Å². The highest BCUT2D eigenvalue weighted by atomic mass is 32.2. The number of H-pyrrole nitrogens is 1. The highest BCUT2D eigenvalue weighted by molar-refractivity contribution is 7.89. The van der Waals surface area contributed by atoms with E-state index in [0.717, 1.165) is 17.4 Å². The molecule has 19 heavy (non-hydrogen) atoms. The fourth-order valence-corrected chi connectivity index (χ4v) is 3.23. The second-order valence-corrected chi connectivity index (χ2v) is 6.20. The minimum absolute atomic E-state index is 0.144. The van der Waals surface area contributed by atoms with E-state index in [4.69, 9.17) is 5.73 Å². The summed E-state index contributed by atoms with van der Waals surface area (Å²) in [5.74, 6) is -0.925. The first-order chi connectivity index (χ1) is 8.90. The number of aromatic nitrogens is 1. The fraction of sp³-hybridized carbons (Fsp3) is 0.100. The molecule has 0 aliphatic rings. The zero-order chi connectivity index (χ0) is 14.0. The molecule has 102 valence electrons. The summed E-state index contributed by atoms with van der Waals surface area (Å²) in [6.07, 6.45) is 0. The smallest absolute Gasteiger partial charge is 0.304 e. The Bertz CT molecular complexity index is 731. The Hall–Kier alpha value is -1.71. The molecule has 0 bridgehead atoms. The third-order valence-electron chi connectivity index (χ3n) is 2.29. The third kappa shape index (κ3) is 3.00. The summed E-state index contributed by atoms with van der Waals surface area (Å²) in [4.78, 5) is 12.5. The molecule has 0 radical (unpaired) electrons. The van der Waals surface area contributed by atoms with Gasteiger partial charge in [0.05, 0.1) is 12.2 Å². The van der Waals surface area contributed by atoms with Crippen LogP contribution in [0.1, 0.15) is 5.69 Å². The second kappa shape index (κ2) is 5.11. The maximum Gasteiger partial charge on any atom is 0.304 e. The molecule has 2 aromatic rings. The van der Waals surface area contributed by atoms with E-state index in [9.17, 15) is 17.6 Å². The van der Waals surface area contributed by atoms with E-state index < -0.39 is 20.7 Å². The van der Waals surface area contributed by atoms with Crippen LogP contribution >= 0.6 is 11.3 Å². The lowest BCUT2D eigenvalue weighted by Gasteiger charge is -2.09. The second-order valence-electron chi connectivity index (χ2n) is 3.66. The monoisotopic (exact) mass is 303 g/mol. The van der Waals surface area contributed by atoms with Gasteiger partial charge in [-0.25, -0.2) is 17.5 Å². The number of anilines is 1. The van der Waals surface area contributed by atoms with Gasteiger partial charge < -0.3 is 10.7 Å². The molecule has 0 saturated heterocycles. The fourth-order valence-electron chi connectivity index (χ4n) is 1.45. The quantitative estimate of drug-likeness (QED) is 0.721. The van der Waals surface area contributed by atoms with Crippen LogP contribution < -0.4 is 15.3 Å². The number of nitrogens with one attached hydrogen (secondary N) is 2. The number of hydrogen-bond donors (Lipinski definition) is 3. The van der Waals surface area contributed by atoms with Crippen LogP contribution in [0.5, 0.6) is 0 Å². The molecule has 1 heterocycles. The molecular weight excluding hydrogens is 293 g/mol. The van der Waals surface area contributed by atoms with Crippen molar-refractivity contribution in [1.29, 1.82) is 0 Å². The van der Waals surface area contributed by atoms with Crippen molar-refractivity contribution < 1.29 is 12.8 Å². The van der Waals surface area contributed by atoms with Crippen molar-refractivity contribution in [2.45, 2.75) is 11.4 Å². The zero-order valence-corrected chi connectivity index (χ0v) is 11.1. The number of nitrogen functional groups attached to an aromatic ring is 1. The van der Waals surface area contributed by atoms with E-state index >= 15 is 0 Å². The summed E-state index contributed by atoms with van der Waals surface area (Å²) < 4.78 is 39.6. The van der Waals surface area contributed by atoms with E-state index in [1.54, 1.807) is 0 Å². The van der Waals surface area contributed by atoms with E-state index in [1.807, 2.05) is 0 Å². The highest BCUT2D eigenvalue weighted by Gasteiger charge is 2.21. The summed E-state index contributed by atoms with van der Waals surface area (Å²) in [5, 5.41) is 1.48. The molecule has 6 nitrogen and oxygen atoms in total. The van der Waals surface area contributed by atoms with Crippen LogP contribution in [-0.4, -0.2) is 13.4 Å². The number of aromatic amines is 1. The number of sulfonamides is 1. The summed E-state index contributed by atoms with van der Waals surface area (Å²) in [6.45, 7) is -0.144. The number of halogens is 1. The maximum absolute atomic E-state index is 13.5. The molecule has 0 aliphatic heterocycles. The summed E-state index contributed by atoms with van der Waals surface area (Å²) >= 11 is 0.912. The first kappa shape index (κ1) is 13.7. The zero-order valence-electron chi connectivity index (χ0n) is 9.51. The maximum atomic E-state index is 13.5. The average molecular weight is 303 g/mol. The SMILES string of the molecule is Nc1cccc(F)c1S(=O)(=O)NCc1csc(=O)[nH]1. The number of hydrogen-bond acceptors (Lipinski definition) is 5. The number of rotatable bonds is 4. The molecule has 0 unspecified atom stereocenters. The van der Waals surface area contributed by atoms with Crippen molar-refractivity contribution in [3.05, 3.63) is 44.8 Å². The molecule has 0 amide bonds. The van der Waals surface area contributed by atoms with Crippen molar-refractivity contribution in [2.24, 2.45) is 0 Å². The summed E-state index contributed by atoms with van der Waals surface area (Å²) in [7, 11) is -4.08. The largest absolute Gasteiger partial charge is 0.398 e. The Morgan fingerprint density at radius 2 is 2.16 bits per heavy atom. The van der Waals surface area contributed by atoms with Gasteiger partial charge in [0, 0.05) is 11.1 Å². The van der Waals surface area contributed by atoms with Gasteiger partial charge in [0.15, 0.2) is 0 Å². The van der Waals surface area contributed by atoms with Crippen LogP contribution in [0.2, 0.25) is 0 Å². The minimum Gasteiger partial charge on any atom is -0.398 e. The van der Waals surface area contributed by atoms with Gasteiger partial charge in [0.25, 0.3) is 0 Å². The van der Waals surface area contributed by atoms with Gasteiger partial charge in [0.2, 0.25) is 10.0 Å². The lowest BCUT2D eigenvalue weighted by atomic mass is 10.3. The molecule has 1 aromatic carbocycles. The van der Waals surface area contributed by atoms with E-state index in [-0.39, 0.29) is 17.1 Å². The van der Waals surface area contributed by atoms with Gasteiger partial charge in [-0.2, -0.15) is 0 Å². The topological polar surface area (TPSA) is 105 Å². The van der Waals surface area contributed by atoms with Crippen molar-refractivity contribution in [3.63, 3.8) is 0 Å². The van der Waals surface area contributed by atoms with Crippen molar-refractivity contribution in [3.8, 4) is 0 Å². The minimum atomic E-state index is -4.08. The molecule has 0 saturated carbocycles. The third-order valence-corrected chi connectivity index (χ3v) is 4.50. The van der Waals surface area contributed by atoms with Crippen molar-refractivity contribution in [2.75, 3.05) is 5.73 Å². The standard InChI is InChI=1S/C10H10FN3O3S2/c11-7-2-1-3-8(12)9(7)19(16,17)13-4-6-5-18-10(15)14-6/h1-3,5,13H,4,12H2,(H,14,15). The van der Waals surface area contributed by atoms with Gasteiger partial charge in [-0.1, -0.05) is 17.4 Å². The first-order valence-electron chi connectivity index (χ1n) is 5.10. The van der Waals surface area contributed by atoms with Crippen LogP contribution in [-0.2, 0) is 16.6 Å². The van der Waals surface area contributed by atoms with Gasteiger partial charge in [0.1, 0.15) is 10.7 Å². The molecule has 0 spiro atoms.